The zero-order chi connectivity index (χ0) is 13.5. The summed E-state index contributed by atoms with van der Waals surface area (Å²) in [5.41, 5.74) is 1.20. The molecule has 1 aliphatic rings. The monoisotopic (exact) mass is 250 g/mol. The summed E-state index contributed by atoms with van der Waals surface area (Å²) in [6.07, 6.45) is 3.74. The lowest BCUT2D eigenvalue weighted by molar-refractivity contribution is -0.00545. The van der Waals surface area contributed by atoms with E-state index in [0.29, 0.717) is 0 Å². The first-order chi connectivity index (χ1) is 8.56. The SMILES string of the molecule is CCC.Cc1ccc(N2CC(C)OC(C)C2)nc1. The summed E-state index contributed by atoms with van der Waals surface area (Å²) < 4.78 is 5.69. The first kappa shape index (κ1) is 15.0. The minimum atomic E-state index is 0.289. The van der Waals surface area contributed by atoms with E-state index in [4.69, 9.17) is 4.74 Å². The molecule has 2 heterocycles. The average Bonchev–Trinajstić information content (AvgIpc) is 2.29. The highest BCUT2D eigenvalue weighted by Gasteiger charge is 2.22. The van der Waals surface area contributed by atoms with E-state index in [1.165, 1.54) is 12.0 Å². The summed E-state index contributed by atoms with van der Waals surface area (Å²) >= 11 is 0. The molecule has 0 aliphatic carbocycles. The van der Waals surface area contributed by atoms with Gasteiger partial charge in [-0.15, -0.1) is 0 Å². The van der Waals surface area contributed by atoms with E-state index in [0.717, 1.165) is 18.9 Å². The Hall–Kier alpha value is -1.09. The molecule has 1 saturated heterocycles. The number of hydrogen-bond donors (Lipinski definition) is 0. The summed E-state index contributed by atoms with van der Waals surface area (Å²) in [7, 11) is 0. The lowest BCUT2D eigenvalue weighted by Crippen LogP contribution is -2.45. The van der Waals surface area contributed by atoms with Gasteiger partial charge < -0.3 is 9.64 Å². The number of aryl methyl sites for hydroxylation is 1. The van der Waals surface area contributed by atoms with Crippen molar-refractivity contribution in [2.24, 2.45) is 0 Å². The topological polar surface area (TPSA) is 25.4 Å². The Balaban J connectivity index is 0.000000492. The van der Waals surface area contributed by atoms with Crippen molar-refractivity contribution in [3.8, 4) is 0 Å². The lowest BCUT2D eigenvalue weighted by Gasteiger charge is -2.36. The van der Waals surface area contributed by atoms with Crippen LogP contribution in [-0.4, -0.2) is 30.3 Å². The van der Waals surface area contributed by atoms with Crippen LogP contribution in [0.4, 0.5) is 5.82 Å². The molecule has 0 aromatic carbocycles. The fourth-order valence-corrected chi connectivity index (χ4v) is 2.01. The molecular formula is C15H26N2O. The van der Waals surface area contributed by atoms with Gasteiger partial charge in [0, 0.05) is 19.3 Å². The first-order valence-electron chi connectivity index (χ1n) is 6.89. The number of aromatic nitrogens is 1. The maximum atomic E-state index is 5.69. The molecule has 1 fully saturated rings. The van der Waals surface area contributed by atoms with Crippen LogP contribution < -0.4 is 4.90 Å². The van der Waals surface area contributed by atoms with Crippen molar-refractivity contribution in [3.05, 3.63) is 23.9 Å². The molecule has 1 aromatic rings. The summed E-state index contributed by atoms with van der Waals surface area (Å²) in [6, 6.07) is 4.19. The molecule has 0 radical (unpaired) electrons. The third kappa shape index (κ3) is 4.65. The molecule has 18 heavy (non-hydrogen) atoms. The fraction of sp³-hybridized carbons (Fsp3) is 0.667. The van der Waals surface area contributed by atoms with E-state index in [2.05, 4.69) is 56.6 Å². The van der Waals surface area contributed by atoms with Crippen LogP contribution in [0.25, 0.3) is 0 Å². The molecule has 3 nitrogen and oxygen atoms in total. The molecule has 0 bridgehead atoms. The van der Waals surface area contributed by atoms with Gasteiger partial charge in [0.05, 0.1) is 12.2 Å². The molecule has 0 N–H and O–H groups in total. The predicted octanol–water partition coefficient (Wildman–Crippen LogP) is 3.42. The van der Waals surface area contributed by atoms with Crippen molar-refractivity contribution in [1.82, 2.24) is 4.98 Å². The molecule has 1 aliphatic heterocycles. The second-order valence-electron chi connectivity index (χ2n) is 5.06. The van der Waals surface area contributed by atoms with E-state index >= 15 is 0 Å². The molecule has 1 aromatic heterocycles. The van der Waals surface area contributed by atoms with E-state index in [-0.39, 0.29) is 12.2 Å². The Labute approximate surface area is 111 Å². The summed E-state index contributed by atoms with van der Waals surface area (Å²) in [4.78, 5) is 6.73. The Morgan fingerprint density at radius 1 is 1.22 bits per heavy atom. The Morgan fingerprint density at radius 2 is 1.78 bits per heavy atom. The number of rotatable bonds is 1. The largest absolute Gasteiger partial charge is 0.372 e. The van der Waals surface area contributed by atoms with Crippen molar-refractivity contribution in [1.29, 1.82) is 0 Å². The molecule has 0 saturated carbocycles. The van der Waals surface area contributed by atoms with Gasteiger partial charge in [-0.25, -0.2) is 4.98 Å². The van der Waals surface area contributed by atoms with Crippen molar-refractivity contribution < 1.29 is 4.74 Å². The number of hydrogen-bond acceptors (Lipinski definition) is 3. The van der Waals surface area contributed by atoms with Crippen molar-refractivity contribution in [2.45, 2.75) is 53.2 Å². The molecule has 2 unspecified atom stereocenters. The van der Waals surface area contributed by atoms with Gasteiger partial charge in [-0.3, -0.25) is 0 Å². The lowest BCUT2D eigenvalue weighted by atomic mass is 10.2. The molecule has 0 spiro atoms. The quantitative estimate of drug-likeness (QED) is 0.763. The van der Waals surface area contributed by atoms with Crippen LogP contribution in [0, 0.1) is 6.92 Å². The highest BCUT2D eigenvalue weighted by Crippen LogP contribution is 2.17. The summed E-state index contributed by atoms with van der Waals surface area (Å²) in [6.45, 7) is 12.4. The Kier molecular flexibility index (Phi) is 6.13. The molecular weight excluding hydrogens is 224 g/mol. The van der Waals surface area contributed by atoms with Crippen LogP contribution >= 0.6 is 0 Å². The molecule has 0 amide bonds. The van der Waals surface area contributed by atoms with Gasteiger partial charge in [0.1, 0.15) is 5.82 Å². The van der Waals surface area contributed by atoms with Crippen molar-refractivity contribution in [2.75, 3.05) is 18.0 Å². The zero-order valence-electron chi connectivity index (χ0n) is 12.3. The van der Waals surface area contributed by atoms with Crippen molar-refractivity contribution in [3.63, 3.8) is 0 Å². The van der Waals surface area contributed by atoms with Crippen LogP contribution in [0.1, 0.15) is 39.7 Å². The second-order valence-corrected chi connectivity index (χ2v) is 5.06. The maximum absolute atomic E-state index is 5.69. The second kappa shape index (κ2) is 7.37. The molecule has 102 valence electrons. The van der Waals surface area contributed by atoms with Crippen LogP contribution in [-0.2, 0) is 4.74 Å². The van der Waals surface area contributed by atoms with Gasteiger partial charge in [-0.1, -0.05) is 26.3 Å². The third-order valence-electron chi connectivity index (χ3n) is 2.64. The minimum Gasteiger partial charge on any atom is -0.372 e. The van der Waals surface area contributed by atoms with E-state index in [1.54, 1.807) is 0 Å². The van der Waals surface area contributed by atoms with Crippen LogP contribution in [0.3, 0.4) is 0 Å². The van der Waals surface area contributed by atoms with Crippen molar-refractivity contribution >= 4 is 5.82 Å². The fourth-order valence-electron chi connectivity index (χ4n) is 2.01. The van der Waals surface area contributed by atoms with Gasteiger partial charge in [0.2, 0.25) is 0 Å². The van der Waals surface area contributed by atoms with Gasteiger partial charge in [-0.2, -0.15) is 0 Å². The summed E-state index contributed by atoms with van der Waals surface area (Å²) in [5, 5.41) is 0. The maximum Gasteiger partial charge on any atom is 0.128 e. The normalized spacial score (nSPS) is 23.3. The highest BCUT2D eigenvalue weighted by atomic mass is 16.5. The predicted molar refractivity (Wildman–Crippen MR) is 77.2 cm³/mol. The number of anilines is 1. The van der Waals surface area contributed by atoms with Crippen LogP contribution in [0.15, 0.2) is 18.3 Å². The highest BCUT2D eigenvalue weighted by molar-refractivity contribution is 5.39. The standard InChI is InChI=1S/C12H18N2O.C3H8/c1-9-4-5-12(13-6-9)14-7-10(2)15-11(3)8-14;1-3-2/h4-6,10-11H,7-8H2,1-3H3;3H2,1-2H3. The third-order valence-corrected chi connectivity index (χ3v) is 2.64. The molecule has 2 atom stereocenters. The average molecular weight is 250 g/mol. The Morgan fingerprint density at radius 3 is 2.22 bits per heavy atom. The van der Waals surface area contributed by atoms with Gasteiger partial charge in [0.15, 0.2) is 0 Å². The van der Waals surface area contributed by atoms with E-state index in [1.807, 2.05) is 6.20 Å². The molecule has 2 rings (SSSR count). The molecule has 3 heteroatoms. The van der Waals surface area contributed by atoms with E-state index < -0.39 is 0 Å². The van der Waals surface area contributed by atoms with Crippen LogP contribution in [0.2, 0.25) is 0 Å². The van der Waals surface area contributed by atoms with Gasteiger partial charge in [0.25, 0.3) is 0 Å². The van der Waals surface area contributed by atoms with E-state index in [9.17, 15) is 0 Å². The zero-order valence-corrected chi connectivity index (χ0v) is 12.3. The Bertz CT molecular complexity index is 327. The smallest absolute Gasteiger partial charge is 0.128 e. The van der Waals surface area contributed by atoms with Crippen LogP contribution in [0.5, 0.6) is 0 Å². The minimum absolute atomic E-state index is 0.289. The number of morpholine rings is 1. The van der Waals surface area contributed by atoms with Gasteiger partial charge >= 0.3 is 0 Å². The number of ether oxygens (including phenoxy) is 1. The first-order valence-corrected chi connectivity index (χ1v) is 6.89. The number of nitrogens with zero attached hydrogens (tertiary/aromatic N) is 2. The number of pyridine rings is 1. The summed E-state index contributed by atoms with van der Waals surface area (Å²) in [5.74, 6) is 1.06. The van der Waals surface area contributed by atoms with Gasteiger partial charge in [-0.05, 0) is 32.4 Å².